The van der Waals surface area contributed by atoms with E-state index >= 15 is 0 Å². The van der Waals surface area contributed by atoms with Crippen LogP contribution in [0.3, 0.4) is 0 Å². The summed E-state index contributed by atoms with van der Waals surface area (Å²) in [6, 6.07) is 5.88. The highest BCUT2D eigenvalue weighted by Crippen LogP contribution is 2.61. The molecule has 168 valence electrons. The molecule has 0 bridgehead atoms. The number of urea groups is 1. The van der Waals surface area contributed by atoms with Crippen LogP contribution in [-0.4, -0.2) is 58.6 Å². The van der Waals surface area contributed by atoms with Gasteiger partial charge in [0.1, 0.15) is 5.60 Å². The van der Waals surface area contributed by atoms with Crippen molar-refractivity contribution in [2.45, 2.75) is 37.5 Å². The lowest BCUT2D eigenvalue weighted by molar-refractivity contribution is -0.325. The number of nitrogens with zero attached hydrogens (tertiary/aromatic N) is 1. The first-order chi connectivity index (χ1) is 14.3. The van der Waals surface area contributed by atoms with Gasteiger partial charge < -0.3 is 20.3 Å². The van der Waals surface area contributed by atoms with Gasteiger partial charge in [0, 0.05) is 11.3 Å². The number of nitrogens with two attached hydrogens (primary N) is 1. The number of halogens is 3. The fourth-order valence-electron chi connectivity index (χ4n) is 4.25. The van der Waals surface area contributed by atoms with Crippen molar-refractivity contribution in [2.24, 2.45) is 11.7 Å². The maximum Gasteiger partial charge on any atom is 0.439 e. The summed E-state index contributed by atoms with van der Waals surface area (Å²) in [7, 11) is 0.944. The summed E-state index contributed by atoms with van der Waals surface area (Å²) < 4.78 is 53.5. The molecule has 4 atom stereocenters. The Kier molecular flexibility index (Phi) is 5.27. The molecular weight excluding hydrogens is 423 g/mol. The lowest BCUT2D eigenvalue weighted by Crippen LogP contribution is -2.65. The number of amides is 2. The molecule has 9 nitrogen and oxygen atoms in total. The van der Waals surface area contributed by atoms with Crippen LogP contribution in [0.1, 0.15) is 24.2 Å². The average molecular weight is 443 g/mol. The second-order valence-electron chi connectivity index (χ2n) is 7.38. The maximum absolute atomic E-state index is 14.5. The lowest BCUT2D eigenvalue weighted by atomic mass is 9.76. The van der Waals surface area contributed by atoms with Crippen LogP contribution in [0, 0.1) is 5.92 Å². The van der Waals surface area contributed by atoms with E-state index in [2.05, 4.69) is 4.74 Å². The van der Waals surface area contributed by atoms with Crippen LogP contribution < -0.4 is 11.2 Å². The number of Topliss-reactive ketones (excluding diaryl/α,β-unsaturated/α-hetero) is 1. The molecule has 2 aliphatic heterocycles. The van der Waals surface area contributed by atoms with Gasteiger partial charge in [-0.1, -0.05) is 30.3 Å². The van der Waals surface area contributed by atoms with Crippen molar-refractivity contribution in [1.82, 2.24) is 10.4 Å². The maximum atomic E-state index is 14.5. The summed E-state index contributed by atoms with van der Waals surface area (Å²) in [5.41, 5.74) is -0.206. The van der Waals surface area contributed by atoms with Crippen molar-refractivity contribution >= 4 is 17.8 Å². The highest BCUT2D eigenvalue weighted by molar-refractivity contribution is 6.01. The largest absolute Gasteiger partial charge is 0.466 e. The molecule has 1 saturated heterocycles. The van der Waals surface area contributed by atoms with E-state index in [0.29, 0.717) is 0 Å². The van der Waals surface area contributed by atoms with Gasteiger partial charge in [-0.15, -0.1) is 0 Å². The molecule has 0 aromatic heterocycles. The number of rotatable bonds is 4. The van der Waals surface area contributed by atoms with E-state index < -0.39 is 58.6 Å². The number of esters is 1. The molecule has 1 aromatic carbocycles. The van der Waals surface area contributed by atoms with E-state index in [4.69, 9.17) is 10.5 Å². The molecule has 0 saturated carbocycles. The van der Waals surface area contributed by atoms with Crippen LogP contribution in [-0.2, 0) is 14.3 Å². The van der Waals surface area contributed by atoms with Crippen molar-refractivity contribution in [1.29, 1.82) is 0 Å². The average Bonchev–Trinajstić information content (AvgIpc) is 3.09. The van der Waals surface area contributed by atoms with E-state index in [-0.39, 0.29) is 10.6 Å². The van der Waals surface area contributed by atoms with Gasteiger partial charge >= 0.3 is 18.2 Å². The summed E-state index contributed by atoms with van der Waals surface area (Å²) >= 11 is 0. The number of allylic oxidation sites excluding steroid dienone is 1. The molecule has 4 N–H and O–H groups in total. The third-order valence-electron chi connectivity index (χ3n) is 5.48. The number of methoxy groups -OCH3 is 1. The first kappa shape index (κ1) is 22.6. The van der Waals surface area contributed by atoms with E-state index in [1.54, 1.807) is 11.5 Å². The molecule has 2 aliphatic rings. The Morgan fingerprint density at radius 2 is 1.84 bits per heavy atom. The third-order valence-corrected chi connectivity index (χ3v) is 5.48. The normalized spacial score (nSPS) is 30.2. The van der Waals surface area contributed by atoms with Crippen molar-refractivity contribution in [3.05, 3.63) is 47.2 Å². The van der Waals surface area contributed by atoms with E-state index in [1.165, 1.54) is 24.3 Å². The Hall–Kier alpha value is -3.12. The van der Waals surface area contributed by atoms with Gasteiger partial charge in [-0.25, -0.2) is 20.0 Å². The van der Waals surface area contributed by atoms with Crippen molar-refractivity contribution in [3.63, 3.8) is 0 Å². The minimum Gasteiger partial charge on any atom is -0.466 e. The van der Waals surface area contributed by atoms with Gasteiger partial charge in [0.15, 0.2) is 11.9 Å². The predicted molar refractivity (Wildman–Crippen MR) is 97.8 cm³/mol. The monoisotopic (exact) mass is 443 g/mol. The molecule has 3 rings (SSSR count). The van der Waals surface area contributed by atoms with Crippen LogP contribution in [0.15, 0.2) is 41.6 Å². The standard InChI is InChI=1S/C19H20F3N3O6/c1-9-11(15(27)30-3)13-17(2,29)14(12(26)10-7-5-4-6-8-10)31-18(13,19(20,21)22)25(9)24-16(23)28/h4-8,13-14,29H,1-3H3,(H3,23,24,28). The van der Waals surface area contributed by atoms with Crippen LogP contribution in [0.25, 0.3) is 0 Å². The number of fused-ring (bicyclic) bond motifs is 1. The van der Waals surface area contributed by atoms with E-state index in [1.807, 2.05) is 0 Å². The molecule has 31 heavy (non-hydrogen) atoms. The fraction of sp³-hybridized carbons (Fsp3) is 0.421. The number of carbonyl (C=O) groups excluding carboxylic acids is 3. The molecule has 2 amide bonds. The third kappa shape index (κ3) is 3.13. The van der Waals surface area contributed by atoms with Crippen LogP contribution in [0.2, 0.25) is 0 Å². The number of alkyl halides is 3. The number of hydrogen-bond donors (Lipinski definition) is 3. The van der Waals surface area contributed by atoms with Gasteiger partial charge in [-0.2, -0.15) is 13.2 Å². The zero-order valence-electron chi connectivity index (χ0n) is 16.7. The van der Waals surface area contributed by atoms with Crippen molar-refractivity contribution in [2.75, 3.05) is 7.11 Å². The number of benzene rings is 1. The summed E-state index contributed by atoms with van der Waals surface area (Å²) in [5.74, 6) is -4.27. The first-order valence-corrected chi connectivity index (χ1v) is 9.02. The number of nitrogens with one attached hydrogen (secondary N) is 1. The Morgan fingerprint density at radius 3 is 2.32 bits per heavy atom. The van der Waals surface area contributed by atoms with Crippen molar-refractivity contribution < 1.29 is 42.1 Å². The zero-order chi connectivity index (χ0) is 23.4. The van der Waals surface area contributed by atoms with Gasteiger partial charge in [0.05, 0.1) is 18.6 Å². The number of hydrogen-bond acceptors (Lipinski definition) is 7. The minimum absolute atomic E-state index is 0.0141. The Morgan fingerprint density at radius 1 is 1.26 bits per heavy atom. The molecule has 12 heteroatoms. The first-order valence-electron chi connectivity index (χ1n) is 9.02. The number of aliphatic hydroxyl groups is 1. The quantitative estimate of drug-likeness (QED) is 0.471. The number of carbonyl (C=O) groups is 3. The molecule has 1 fully saturated rings. The summed E-state index contributed by atoms with van der Waals surface area (Å²) in [6.45, 7) is 2.06. The Labute approximate surface area is 174 Å². The van der Waals surface area contributed by atoms with Crippen LogP contribution in [0.5, 0.6) is 0 Å². The second-order valence-corrected chi connectivity index (χ2v) is 7.38. The molecule has 0 aliphatic carbocycles. The predicted octanol–water partition coefficient (Wildman–Crippen LogP) is 1.24. The topological polar surface area (TPSA) is 131 Å². The summed E-state index contributed by atoms with van der Waals surface area (Å²) in [5, 5.41) is 11.4. The van der Waals surface area contributed by atoms with Crippen LogP contribution in [0.4, 0.5) is 18.0 Å². The van der Waals surface area contributed by atoms with Gasteiger partial charge in [-0.05, 0) is 13.8 Å². The molecular formula is C19H20F3N3O6. The zero-order valence-corrected chi connectivity index (χ0v) is 16.7. The minimum atomic E-state index is -5.30. The Bertz CT molecular complexity index is 962. The van der Waals surface area contributed by atoms with Gasteiger partial charge in [0.2, 0.25) is 0 Å². The lowest BCUT2D eigenvalue weighted by Gasteiger charge is -2.40. The van der Waals surface area contributed by atoms with Crippen molar-refractivity contribution in [3.8, 4) is 0 Å². The van der Waals surface area contributed by atoms with E-state index in [0.717, 1.165) is 21.0 Å². The van der Waals surface area contributed by atoms with Gasteiger partial charge in [-0.3, -0.25) is 4.79 Å². The van der Waals surface area contributed by atoms with Crippen LogP contribution >= 0.6 is 0 Å². The van der Waals surface area contributed by atoms with E-state index in [9.17, 15) is 32.7 Å². The molecule has 0 spiro atoms. The number of ketones is 1. The number of primary amides is 1. The molecule has 4 unspecified atom stereocenters. The molecule has 0 radical (unpaired) electrons. The summed E-state index contributed by atoms with van der Waals surface area (Å²) in [6.07, 6.45) is -7.33. The SMILES string of the molecule is COC(=O)C1=C(C)N(NC(N)=O)C2(C(F)(F)F)OC(C(=O)c3ccccc3)C(C)(O)C12. The molecule has 1 aromatic rings. The highest BCUT2D eigenvalue weighted by atomic mass is 19.4. The number of hydrazine groups is 1. The smallest absolute Gasteiger partial charge is 0.439 e. The fourth-order valence-corrected chi connectivity index (χ4v) is 4.25. The number of ether oxygens (including phenoxy) is 2. The second kappa shape index (κ2) is 7.24. The van der Waals surface area contributed by atoms with Gasteiger partial charge in [0.25, 0.3) is 5.72 Å². The Balaban J connectivity index is 2.26. The molecule has 2 heterocycles. The summed E-state index contributed by atoms with van der Waals surface area (Å²) in [4.78, 5) is 36.9. The highest BCUT2D eigenvalue weighted by Gasteiger charge is 2.81.